The molecule has 0 bridgehead atoms. The summed E-state index contributed by atoms with van der Waals surface area (Å²) in [5, 5.41) is 2.88. The molecule has 2 atom stereocenters. The van der Waals surface area contributed by atoms with Crippen molar-refractivity contribution in [1.82, 2.24) is 5.32 Å². The summed E-state index contributed by atoms with van der Waals surface area (Å²) >= 11 is 0. The molecule has 0 spiro atoms. The molecule has 1 aliphatic carbocycles. The lowest BCUT2D eigenvalue weighted by atomic mass is 10.1. The Balaban J connectivity index is 2.04. The third-order valence-corrected chi connectivity index (χ3v) is 3.58. The van der Waals surface area contributed by atoms with Crippen molar-refractivity contribution in [3.63, 3.8) is 0 Å². The molecule has 20 heavy (non-hydrogen) atoms. The van der Waals surface area contributed by atoms with E-state index in [0.29, 0.717) is 23.8 Å². The van der Waals surface area contributed by atoms with Gasteiger partial charge in [-0.25, -0.2) is 4.79 Å². The number of benzene rings is 1. The summed E-state index contributed by atoms with van der Waals surface area (Å²) in [5.74, 6) is 0.714. The highest BCUT2D eigenvalue weighted by Crippen LogP contribution is 2.37. The predicted octanol–water partition coefficient (Wildman–Crippen LogP) is 1.75. The molecule has 0 aromatic heterocycles. The lowest BCUT2D eigenvalue weighted by Gasteiger charge is -2.10. The van der Waals surface area contributed by atoms with Crippen molar-refractivity contribution >= 4 is 11.9 Å². The molecule has 1 N–H and O–H groups in total. The number of carbonyl (C=O) groups excluding carboxylic acids is 2. The normalized spacial score (nSPS) is 20.1. The van der Waals surface area contributed by atoms with E-state index in [-0.39, 0.29) is 11.8 Å². The molecule has 1 aliphatic rings. The molecule has 0 radical (unpaired) electrons. The smallest absolute Gasteiger partial charge is 0.341 e. The monoisotopic (exact) mass is 277 g/mol. The number of hydrogen-bond acceptors (Lipinski definition) is 4. The fourth-order valence-electron chi connectivity index (χ4n) is 2.14. The van der Waals surface area contributed by atoms with Crippen LogP contribution in [0.5, 0.6) is 5.75 Å². The van der Waals surface area contributed by atoms with Gasteiger partial charge in [-0.3, -0.25) is 4.79 Å². The van der Waals surface area contributed by atoms with E-state index in [1.165, 1.54) is 14.2 Å². The topological polar surface area (TPSA) is 64.6 Å². The molecule has 5 nitrogen and oxygen atoms in total. The van der Waals surface area contributed by atoms with Crippen LogP contribution in [0.4, 0.5) is 0 Å². The van der Waals surface area contributed by atoms with Gasteiger partial charge in [0.05, 0.1) is 14.2 Å². The van der Waals surface area contributed by atoms with Gasteiger partial charge in [-0.2, -0.15) is 0 Å². The zero-order valence-corrected chi connectivity index (χ0v) is 11.9. The second-order valence-electron chi connectivity index (χ2n) is 5.06. The molecular formula is C15H19NO4. The van der Waals surface area contributed by atoms with Crippen LogP contribution in [0.15, 0.2) is 18.2 Å². The van der Waals surface area contributed by atoms with Crippen molar-refractivity contribution in [3.05, 3.63) is 29.3 Å². The summed E-state index contributed by atoms with van der Waals surface area (Å²) in [4.78, 5) is 23.4. The van der Waals surface area contributed by atoms with E-state index in [0.717, 1.165) is 12.0 Å². The van der Waals surface area contributed by atoms with E-state index in [9.17, 15) is 9.59 Å². The van der Waals surface area contributed by atoms with Crippen molar-refractivity contribution in [2.24, 2.45) is 11.8 Å². The lowest BCUT2D eigenvalue weighted by molar-refractivity contribution is -0.122. The van der Waals surface area contributed by atoms with Crippen molar-refractivity contribution in [1.29, 1.82) is 0 Å². The Bertz CT molecular complexity index is 527. The van der Waals surface area contributed by atoms with E-state index in [2.05, 4.69) is 12.2 Å². The molecule has 1 aromatic carbocycles. The average Bonchev–Trinajstić information content (AvgIpc) is 3.20. The number of amides is 1. The van der Waals surface area contributed by atoms with Crippen molar-refractivity contribution in [2.45, 2.75) is 19.9 Å². The molecule has 0 saturated heterocycles. The minimum absolute atomic E-state index is 0.0768. The van der Waals surface area contributed by atoms with Gasteiger partial charge in [-0.15, -0.1) is 0 Å². The van der Waals surface area contributed by atoms with Crippen LogP contribution in [0.25, 0.3) is 0 Å². The summed E-state index contributed by atoms with van der Waals surface area (Å²) in [7, 11) is 2.82. The van der Waals surface area contributed by atoms with Crippen LogP contribution in [0.2, 0.25) is 0 Å². The molecule has 1 saturated carbocycles. The summed E-state index contributed by atoms with van der Waals surface area (Å²) in [6.07, 6.45) is 0.960. The van der Waals surface area contributed by atoms with Crippen molar-refractivity contribution in [3.8, 4) is 5.75 Å². The fraction of sp³-hybridized carbons (Fsp3) is 0.467. The van der Waals surface area contributed by atoms with Gasteiger partial charge in [0.2, 0.25) is 5.91 Å². The quantitative estimate of drug-likeness (QED) is 0.833. The highest BCUT2D eigenvalue weighted by atomic mass is 16.5. The number of carbonyl (C=O) groups is 2. The minimum Gasteiger partial charge on any atom is -0.496 e. The van der Waals surface area contributed by atoms with Gasteiger partial charge in [-0.1, -0.05) is 13.0 Å². The second kappa shape index (κ2) is 5.94. The zero-order valence-electron chi connectivity index (χ0n) is 11.9. The van der Waals surface area contributed by atoms with Crippen LogP contribution in [-0.2, 0) is 16.1 Å². The first-order valence-corrected chi connectivity index (χ1v) is 6.59. The predicted molar refractivity (Wildman–Crippen MR) is 73.5 cm³/mol. The molecule has 1 aromatic rings. The van der Waals surface area contributed by atoms with E-state index in [1.807, 2.05) is 6.07 Å². The van der Waals surface area contributed by atoms with E-state index < -0.39 is 5.97 Å². The van der Waals surface area contributed by atoms with E-state index >= 15 is 0 Å². The maximum absolute atomic E-state index is 11.8. The van der Waals surface area contributed by atoms with Crippen LogP contribution in [0, 0.1) is 11.8 Å². The SMILES string of the molecule is COC(=O)c1cc(CNC(=O)[C@@H]2C[C@H]2C)ccc1OC. The first-order valence-electron chi connectivity index (χ1n) is 6.59. The number of hydrogen-bond donors (Lipinski definition) is 1. The summed E-state index contributed by atoms with van der Waals surface area (Å²) in [6.45, 7) is 2.46. The number of rotatable bonds is 5. The molecule has 108 valence electrons. The van der Waals surface area contributed by atoms with E-state index in [1.54, 1.807) is 12.1 Å². The fourth-order valence-corrected chi connectivity index (χ4v) is 2.14. The second-order valence-corrected chi connectivity index (χ2v) is 5.06. The third kappa shape index (κ3) is 3.10. The van der Waals surface area contributed by atoms with Gasteiger partial charge in [0.25, 0.3) is 0 Å². The summed E-state index contributed by atoms with van der Waals surface area (Å²) in [5.41, 5.74) is 1.20. The van der Waals surface area contributed by atoms with Crippen LogP contribution < -0.4 is 10.1 Å². The molecule has 0 aliphatic heterocycles. The van der Waals surface area contributed by atoms with Crippen molar-refractivity contribution in [2.75, 3.05) is 14.2 Å². The molecule has 2 rings (SSSR count). The maximum atomic E-state index is 11.8. The van der Waals surface area contributed by atoms with Gasteiger partial charge in [-0.05, 0) is 30.0 Å². The first kappa shape index (κ1) is 14.4. The van der Waals surface area contributed by atoms with Gasteiger partial charge < -0.3 is 14.8 Å². The number of ether oxygens (including phenoxy) is 2. The van der Waals surface area contributed by atoms with Crippen LogP contribution in [0.3, 0.4) is 0 Å². The Hall–Kier alpha value is -2.04. The Morgan fingerprint density at radius 3 is 2.60 bits per heavy atom. The number of esters is 1. The first-order chi connectivity index (χ1) is 9.56. The minimum atomic E-state index is -0.453. The molecule has 1 amide bonds. The van der Waals surface area contributed by atoms with Gasteiger partial charge in [0.1, 0.15) is 11.3 Å². The highest BCUT2D eigenvalue weighted by Gasteiger charge is 2.38. The number of methoxy groups -OCH3 is 2. The number of nitrogens with one attached hydrogen (secondary N) is 1. The van der Waals surface area contributed by atoms with E-state index in [4.69, 9.17) is 9.47 Å². The Labute approximate surface area is 118 Å². The molecule has 0 unspecified atom stereocenters. The molecule has 1 fully saturated rings. The summed E-state index contributed by atoms with van der Waals surface area (Å²) in [6, 6.07) is 5.21. The highest BCUT2D eigenvalue weighted by molar-refractivity contribution is 5.92. The lowest BCUT2D eigenvalue weighted by Crippen LogP contribution is -2.25. The Morgan fingerprint density at radius 2 is 2.05 bits per heavy atom. The summed E-state index contributed by atoms with van der Waals surface area (Å²) < 4.78 is 9.84. The van der Waals surface area contributed by atoms with Gasteiger partial charge in [0.15, 0.2) is 0 Å². The van der Waals surface area contributed by atoms with Crippen LogP contribution in [-0.4, -0.2) is 26.1 Å². The standard InChI is InChI=1S/C15H19NO4/c1-9-6-11(9)14(17)16-8-10-4-5-13(19-2)12(7-10)15(18)20-3/h4-5,7,9,11H,6,8H2,1-3H3,(H,16,17)/t9-,11-/m1/s1. The largest absolute Gasteiger partial charge is 0.496 e. The molecule has 0 heterocycles. The van der Waals surface area contributed by atoms with Crippen LogP contribution >= 0.6 is 0 Å². The van der Waals surface area contributed by atoms with Crippen LogP contribution in [0.1, 0.15) is 29.3 Å². The van der Waals surface area contributed by atoms with Gasteiger partial charge >= 0.3 is 5.97 Å². The zero-order chi connectivity index (χ0) is 14.7. The van der Waals surface area contributed by atoms with Gasteiger partial charge in [0, 0.05) is 12.5 Å². The van der Waals surface area contributed by atoms with Crippen molar-refractivity contribution < 1.29 is 19.1 Å². The maximum Gasteiger partial charge on any atom is 0.341 e. The molecular weight excluding hydrogens is 258 g/mol. The Kier molecular flexibility index (Phi) is 4.27. The molecule has 5 heteroatoms. The average molecular weight is 277 g/mol. The Morgan fingerprint density at radius 1 is 1.35 bits per heavy atom. The third-order valence-electron chi connectivity index (χ3n) is 3.58.